The number of carbonyl (C=O) groups excluding carboxylic acids is 3. The fourth-order valence-corrected chi connectivity index (χ4v) is 2.59. The fourth-order valence-electron chi connectivity index (χ4n) is 2.59. The number of rotatable bonds is 6. The van der Waals surface area contributed by atoms with Gasteiger partial charge in [0.25, 0.3) is 11.8 Å². The molecule has 0 saturated carbocycles. The van der Waals surface area contributed by atoms with Gasteiger partial charge in [-0.2, -0.15) is 13.2 Å². The summed E-state index contributed by atoms with van der Waals surface area (Å²) in [5.74, 6) is -1.82. The maximum atomic E-state index is 12.7. The summed E-state index contributed by atoms with van der Waals surface area (Å²) in [7, 11) is 0. The van der Waals surface area contributed by atoms with Crippen molar-refractivity contribution in [2.75, 3.05) is 6.61 Å². The molecule has 1 aromatic carbocycles. The van der Waals surface area contributed by atoms with Gasteiger partial charge in [0.05, 0.1) is 18.8 Å². The van der Waals surface area contributed by atoms with Crippen LogP contribution in [0.5, 0.6) is 0 Å². The van der Waals surface area contributed by atoms with Gasteiger partial charge in [0.15, 0.2) is 0 Å². The molecule has 3 N–H and O–H groups in total. The summed E-state index contributed by atoms with van der Waals surface area (Å²) in [6, 6.07) is 2.52. The molecule has 152 valence electrons. The number of allylic oxidation sites excluding steroid dienone is 1. The highest BCUT2D eigenvalue weighted by atomic mass is 19.4. The molecule has 1 saturated heterocycles. The third kappa shape index (κ3) is 4.67. The predicted molar refractivity (Wildman–Crippen MR) is 88.6 cm³/mol. The zero-order valence-electron chi connectivity index (χ0n) is 15.0. The Bertz CT molecular complexity index is 819. The molecule has 8 nitrogen and oxygen atoms in total. The standard InChI is InChI=1S/C17H18F3N3O5/c1-9(2)13(14(24)22-27)23-15(25)12(21-16(23)26)8-28-7-10-4-3-5-11(6-10)17(18,19)20/h3-6,12,27H,7-8H2,1-2H3,(H,21,26)(H,22,24)/t12-/m0/s1. The zero-order valence-corrected chi connectivity index (χ0v) is 15.0. The summed E-state index contributed by atoms with van der Waals surface area (Å²) in [5.41, 5.74) is 0.763. The number of alkyl halides is 3. The van der Waals surface area contributed by atoms with E-state index in [9.17, 15) is 27.6 Å². The van der Waals surface area contributed by atoms with Crippen LogP contribution in [0.4, 0.5) is 18.0 Å². The van der Waals surface area contributed by atoms with Crippen LogP contribution in [0.3, 0.4) is 0 Å². The smallest absolute Gasteiger partial charge is 0.374 e. The van der Waals surface area contributed by atoms with Crippen LogP contribution in [0.15, 0.2) is 35.5 Å². The summed E-state index contributed by atoms with van der Waals surface area (Å²) < 4.78 is 43.4. The molecule has 1 aromatic rings. The number of imide groups is 1. The summed E-state index contributed by atoms with van der Waals surface area (Å²) >= 11 is 0. The van der Waals surface area contributed by atoms with Crippen molar-refractivity contribution in [1.29, 1.82) is 0 Å². The summed E-state index contributed by atoms with van der Waals surface area (Å²) in [5, 5.41) is 11.1. The maximum absolute atomic E-state index is 12.7. The monoisotopic (exact) mass is 401 g/mol. The Morgan fingerprint density at radius 2 is 2.00 bits per heavy atom. The Labute approximate surface area is 157 Å². The molecule has 2 rings (SSSR count). The van der Waals surface area contributed by atoms with Gasteiger partial charge in [-0.1, -0.05) is 12.1 Å². The van der Waals surface area contributed by atoms with E-state index in [1.807, 2.05) is 0 Å². The van der Waals surface area contributed by atoms with E-state index in [-0.39, 0.29) is 24.5 Å². The first-order valence-corrected chi connectivity index (χ1v) is 8.06. The molecule has 1 atom stereocenters. The summed E-state index contributed by atoms with van der Waals surface area (Å²) in [6.07, 6.45) is -4.49. The lowest BCUT2D eigenvalue weighted by molar-refractivity contribution is -0.137. The SMILES string of the molecule is CC(C)=C(C(=O)NO)N1C(=O)N[C@@H](COCc2cccc(C(F)(F)F)c2)C1=O. The Kier molecular flexibility index (Phi) is 6.41. The van der Waals surface area contributed by atoms with Crippen LogP contribution in [0, 0.1) is 0 Å². The van der Waals surface area contributed by atoms with Crippen molar-refractivity contribution in [2.45, 2.75) is 32.7 Å². The average Bonchev–Trinajstić information content (AvgIpc) is 2.89. The number of nitrogens with one attached hydrogen (secondary N) is 2. The van der Waals surface area contributed by atoms with E-state index in [0.29, 0.717) is 10.5 Å². The number of amides is 4. The minimum Gasteiger partial charge on any atom is -0.374 e. The van der Waals surface area contributed by atoms with E-state index >= 15 is 0 Å². The molecule has 1 aliphatic rings. The molecule has 0 spiro atoms. The van der Waals surface area contributed by atoms with Crippen LogP contribution < -0.4 is 10.8 Å². The Balaban J connectivity index is 2.03. The van der Waals surface area contributed by atoms with Gasteiger partial charge in [0, 0.05) is 0 Å². The van der Waals surface area contributed by atoms with Crippen molar-refractivity contribution in [2.24, 2.45) is 0 Å². The molecule has 28 heavy (non-hydrogen) atoms. The quantitative estimate of drug-likeness (QED) is 0.292. The molecule has 0 radical (unpaired) electrons. The predicted octanol–water partition coefficient (Wildman–Crippen LogP) is 1.94. The van der Waals surface area contributed by atoms with E-state index in [1.165, 1.54) is 31.5 Å². The number of urea groups is 1. The van der Waals surface area contributed by atoms with E-state index in [1.54, 1.807) is 0 Å². The number of ether oxygens (including phenoxy) is 1. The average molecular weight is 401 g/mol. The first-order chi connectivity index (χ1) is 13.1. The first-order valence-electron chi connectivity index (χ1n) is 8.06. The first kappa shape index (κ1) is 21.4. The van der Waals surface area contributed by atoms with Crippen LogP contribution in [0.25, 0.3) is 0 Å². The van der Waals surface area contributed by atoms with Gasteiger partial charge in [-0.05, 0) is 37.1 Å². The Morgan fingerprint density at radius 1 is 1.32 bits per heavy atom. The van der Waals surface area contributed by atoms with E-state index in [0.717, 1.165) is 12.1 Å². The van der Waals surface area contributed by atoms with Crippen LogP contribution in [-0.2, 0) is 27.1 Å². The molecule has 0 unspecified atom stereocenters. The lowest BCUT2D eigenvalue weighted by atomic mass is 10.1. The van der Waals surface area contributed by atoms with Crippen molar-refractivity contribution < 1.29 is 37.5 Å². The van der Waals surface area contributed by atoms with Gasteiger partial charge in [0.2, 0.25) is 0 Å². The van der Waals surface area contributed by atoms with Gasteiger partial charge in [-0.3, -0.25) is 14.8 Å². The number of nitrogens with zero attached hydrogens (tertiary/aromatic N) is 1. The van der Waals surface area contributed by atoms with Crippen molar-refractivity contribution >= 4 is 17.8 Å². The van der Waals surface area contributed by atoms with Crippen molar-refractivity contribution in [3.8, 4) is 0 Å². The van der Waals surface area contributed by atoms with E-state index < -0.39 is 35.6 Å². The van der Waals surface area contributed by atoms with Crippen LogP contribution in [-0.4, -0.2) is 40.6 Å². The molecule has 1 heterocycles. The largest absolute Gasteiger partial charge is 0.416 e. The number of carbonyl (C=O) groups is 3. The highest BCUT2D eigenvalue weighted by Gasteiger charge is 2.42. The van der Waals surface area contributed by atoms with Gasteiger partial charge in [0.1, 0.15) is 11.7 Å². The number of hydrogen-bond acceptors (Lipinski definition) is 5. The highest BCUT2D eigenvalue weighted by molar-refractivity contribution is 6.11. The van der Waals surface area contributed by atoms with Gasteiger partial charge in [-0.25, -0.2) is 15.2 Å². The minimum absolute atomic E-state index is 0.212. The van der Waals surface area contributed by atoms with Crippen molar-refractivity contribution in [3.63, 3.8) is 0 Å². The van der Waals surface area contributed by atoms with Crippen LogP contribution in [0.1, 0.15) is 25.0 Å². The van der Waals surface area contributed by atoms with E-state index in [4.69, 9.17) is 9.94 Å². The molecule has 4 amide bonds. The second-order valence-corrected chi connectivity index (χ2v) is 6.18. The fraction of sp³-hybridized carbons (Fsp3) is 0.353. The zero-order chi connectivity index (χ0) is 21.1. The second-order valence-electron chi connectivity index (χ2n) is 6.18. The number of hydrogen-bond donors (Lipinski definition) is 3. The molecular formula is C17H18F3N3O5. The topological polar surface area (TPSA) is 108 Å². The highest BCUT2D eigenvalue weighted by Crippen LogP contribution is 2.29. The van der Waals surface area contributed by atoms with E-state index in [2.05, 4.69) is 5.32 Å². The molecule has 0 aromatic heterocycles. The van der Waals surface area contributed by atoms with Gasteiger partial charge < -0.3 is 10.1 Å². The Hall–Kier alpha value is -2.92. The Morgan fingerprint density at radius 3 is 2.57 bits per heavy atom. The summed E-state index contributed by atoms with van der Waals surface area (Å²) in [4.78, 5) is 36.8. The minimum atomic E-state index is -4.49. The second kappa shape index (κ2) is 8.40. The van der Waals surface area contributed by atoms with Gasteiger partial charge >= 0.3 is 12.2 Å². The number of hydroxylamine groups is 1. The van der Waals surface area contributed by atoms with Crippen LogP contribution in [0.2, 0.25) is 0 Å². The molecule has 11 heteroatoms. The van der Waals surface area contributed by atoms with Crippen LogP contribution >= 0.6 is 0 Å². The third-order valence-corrected chi connectivity index (χ3v) is 3.84. The molecule has 1 fully saturated rings. The maximum Gasteiger partial charge on any atom is 0.416 e. The van der Waals surface area contributed by atoms with Gasteiger partial charge in [-0.15, -0.1) is 0 Å². The molecule has 0 bridgehead atoms. The number of benzene rings is 1. The normalized spacial score (nSPS) is 16.8. The third-order valence-electron chi connectivity index (χ3n) is 3.84. The molecular weight excluding hydrogens is 383 g/mol. The lowest BCUT2D eigenvalue weighted by Crippen LogP contribution is -2.39. The molecule has 0 aliphatic carbocycles. The lowest BCUT2D eigenvalue weighted by Gasteiger charge is -2.17. The molecule has 1 aliphatic heterocycles. The summed E-state index contributed by atoms with van der Waals surface area (Å²) in [6.45, 7) is 2.43. The van der Waals surface area contributed by atoms with Crippen molar-refractivity contribution in [1.82, 2.24) is 15.7 Å². The number of halogens is 3. The van der Waals surface area contributed by atoms with Crippen molar-refractivity contribution in [3.05, 3.63) is 46.7 Å².